The third-order valence-electron chi connectivity index (χ3n) is 4.64. The number of carboxylic acids is 1. The summed E-state index contributed by atoms with van der Waals surface area (Å²) in [7, 11) is 1.69. The molecule has 0 spiro atoms. The highest BCUT2D eigenvalue weighted by Crippen LogP contribution is 2.40. The molecule has 5 nitrogen and oxygen atoms in total. The van der Waals surface area contributed by atoms with E-state index in [9.17, 15) is 9.90 Å². The maximum absolute atomic E-state index is 11.8. The molecule has 1 N–H and O–H groups in total. The van der Waals surface area contributed by atoms with Gasteiger partial charge in [0.25, 0.3) is 0 Å². The zero-order chi connectivity index (χ0) is 19.6. The lowest BCUT2D eigenvalue weighted by Gasteiger charge is -2.07. The van der Waals surface area contributed by atoms with Gasteiger partial charge in [-0.3, -0.25) is 0 Å². The lowest BCUT2D eigenvalue weighted by atomic mass is 9.99. The van der Waals surface area contributed by atoms with Gasteiger partial charge in [-0.2, -0.15) is 0 Å². The van der Waals surface area contributed by atoms with Crippen molar-refractivity contribution >= 4 is 17.3 Å². The molecule has 2 aromatic carbocycles. The number of carboxylic acid groups (broad SMARTS) is 1. The summed E-state index contributed by atoms with van der Waals surface area (Å²) in [5.74, 6) is -1.05. The highest BCUT2D eigenvalue weighted by Gasteiger charge is 2.25. The molecule has 0 radical (unpaired) electrons. The van der Waals surface area contributed by atoms with E-state index in [4.69, 9.17) is 13.1 Å². The van der Waals surface area contributed by atoms with Crippen LogP contribution in [0.1, 0.15) is 23.1 Å². The molecule has 0 fully saturated rings. The Balaban J connectivity index is 2.11. The van der Waals surface area contributed by atoms with Crippen molar-refractivity contribution in [1.29, 1.82) is 0 Å². The van der Waals surface area contributed by atoms with Crippen molar-refractivity contribution in [3.05, 3.63) is 82.8 Å². The van der Waals surface area contributed by atoms with Gasteiger partial charge in [0, 0.05) is 18.3 Å². The summed E-state index contributed by atoms with van der Waals surface area (Å²) in [4.78, 5) is 18.8. The number of nitrogens with zero attached hydrogens (tertiary/aromatic N) is 3. The molecule has 132 valence electrons. The van der Waals surface area contributed by atoms with E-state index in [2.05, 4.69) is 9.69 Å². The van der Waals surface area contributed by atoms with Crippen LogP contribution in [0.4, 0.5) is 11.4 Å². The van der Waals surface area contributed by atoms with E-state index in [1.807, 2.05) is 43.3 Å². The molecule has 0 aliphatic rings. The Kier molecular flexibility index (Phi) is 4.79. The number of carbonyl (C=O) groups is 1. The zero-order valence-corrected chi connectivity index (χ0v) is 15.0. The number of aromatic carboxylic acids is 1. The fraction of sp³-hybridized carbons (Fsp3) is 0.136. The summed E-state index contributed by atoms with van der Waals surface area (Å²) in [6.07, 6.45) is 0.583. The van der Waals surface area contributed by atoms with Crippen molar-refractivity contribution in [2.75, 3.05) is 0 Å². The maximum Gasteiger partial charge on any atom is 0.351 e. The number of rotatable bonds is 4. The average Bonchev–Trinajstić information content (AvgIpc) is 2.99. The summed E-state index contributed by atoms with van der Waals surface area (Å²) in [5, 5.41) is 9.67. The van der Waals surface area contributed by atoms with E-state index in [1.165, 1.54) is 0 Å². The van der Waals surface area contributed by atoms with Gasteiger partial charge in [0.2, 0.25) is 5.69 Å². The predicted molar refractivity (Wildman–Crippen MR) is 105 cm³/mol. The fourth-order valence-electron chi connectivity index (χ4n) is 3.32. The molecule has 0 atom stereocenters. The first kappa shape index (κ1) is 18.0. The molecule has 0 saturated carbocycles. The molecule has 0 saturated heterocycles. The molecule has 5 heteroatoms. The van der Waals surface area contributed by atoms with Crippen LogP contribution in [0.3, 0.4) is 0 Å². The van der Waals surface area contributed by atoms with Crippen LogP contribution in [0, 0.1) is 13.1 Å². The van der Waals surface area contributed by atoms with E-state index in [0.717, 1.165) is 16.8 Å². The Hall–Kier alpha value is -3.83. The Morgan fingerprint density at radius 2 is 1.48 bits per heavy atom. The average molecular weight is 355 g/mol. The van der Waals surface area contributed by atoms with Gasteiger partial charge in [0.05, 0.1) is 13.1 Å². The Bertz CT molecular complexity index is 1090. The van der Waals surface area contributed by atoms with E-state index in [0.29, 0.717) is 28.9 Å². The molecule has 27 heavy (non-hydrogen) atoms. The number of aromatic nitrogens is 1. The minimum atomic E-state index is -1.05. The molecular weight excluding hydrogens is 338 g/mol. The lowest BCUT2D eigenvalue weighted by molar-refractivity contribution is 0.0687. The van der Waals surface area contributed by atoms with Crippen LogP contribution in [0.2, 0.25) is 0 Å². The van der Waals surface area contributed by atoms with Crippen LogP contribution in [0.5, 0.6) is 0 Å². The molecule has 3 rings (SSSR count). The SMILES string of the molecule is [C-]#[N+]c1ccc(-c2ccc(-c3c([N+]#[C-])c(CC)n(C)c3C(=O)O)cc2)cc1. The highest BCUT2D eigenvalue weighted by atomic mass is 16.4. The standard InChI is InChI=1S/C22H17N3O2/c1-5-18-20(24-3)19(21(22(26)27)25(18)4)16-8-6-14(7-9-16)15-10-12-17(23-2)13-11-15/h6-13H,5H2,1,4H3,(H,26,27). The number of hydrogen-bond acceptors (Lipinski definition) is 1. The molecular formula is C22H17N3O2. The quantitative estimate of drug-likeness (QED) is 0.608. The summed E-state index contributed by atoms with van der Waals surface area (Å²) >= 11 is 0. The second-order valence-electron chi connectivity index (χ2n) is 6.08. The fourth-order valence-corrected chi connectivity index (χ4v) is 3.32. The molecule has 0 aliphatic heterocycles. The third-order valence-corrected chi connectivity index (χ3v) is 4.64. The van der Waals surface area contributed by atoms with E-state index < -0.39 is 5.97 Å². The van der Waals surface area contributed by atoms with Gasteiger partial charge >= 0.3 is 5.97 Å². The van der Waals surface area contributed by atoms with E-state index in [1.54, 1.807) is 23.7 Å². The molecule has 0 unspecified atom stereocenters. The number of benzene rings is 2. The van der Waals surface area contributed by atoms with Crippen LogP contribution < -0.4 is 0 Å². The molecule has 1 heterocycles. The Morgan fingerprint density at radius 3 is 1.93 bits per heavy atom. The van der Waals surface area contributed by atoms with Gasteiger partial charge in [-0.25, -0.2) is 14.5 Å². The second kappa shape index (κ2) is 7.19. The topological polar surface area (TPSA) is 51.0 Å². The first-order valence-corrected chi connectivity index (χ1v) is 8.42. The Labute approximate surface area is 157 Å². The summed E-state index contributed by atoms with van der Waals surface area (Å²) in [6, 6.07) is 14.8. The van der Waals surface area contributed by atoms with Gasteiger partial charge in [0.1, 0.15) is 5.69 Å². The van der Waals surface area contributed by atoms with Gasteiger partial charge in [-0.1, -0.05) is 55.5 Å². The Morgan fingerprint density at radius 1 is 0.963 bits per heavy atom. The second-order valence-corrected chi connectivity index (χ2v) is 6.08. The predicted octanol–water partition coefficient (Wildman–Crippen LogP) is 5.72. The first-order valence-electron chi connectivity index (χ1n) is 8.42. The first-order chi connectivity index (χ1) is 13.0. The summed E-state index contributed by atoms with van der Waals surface area (Å²) < 4.78 is 1.60. The molecule has 0 amide bonds. The van der Waals surface area contributed by atoms with Crippen molar-refractivity contribution in [2.45, 2.75) is 13.3 Å². The van der Waals surface area contributed by atoms with Gasteiger partial charge in [-0.05, 0) is 23.1 Å². The van der Waals surface area contributed by atoms with Gasteiger partial charge in [-0.15, -0.1) is 0 Å². The van der Waals surface area contributed by atoms with Crippen molar-refractivity contribution in [3.8, 4) is 22.3 Å². The molecule has 1 aromatic heterocycles. The highest BCUT2D eigenvalue weighted by molar-refractivity contribution is 6.00. The molecule has 3 aromatic rings. The van der Waals surface area contributed by atoms with Crippen molar-refractivity contribution < 1.29 is 9.90 Å². The normalized spacial score (nSPS) is 10.2. The van der Waals surface area contributed by atoms with Crippen LogP contribution in [0.15, 0.2) is 48.5 Å². The monoisotopic (exact) mass is 355 g/mol. The van der Waals surface area contributed by atoms with Crippen molar-refractivity contribution in [3.63, 3.8) is 0 Å². The van der Waals surface area contributed by atoms with Crippen LogP contribution in [-0.2, 0) is 13.5 Å². The van der Waals surface area contributed by atoms with E-state index in [-0.39, 0.29) is 5.69 Å². The summed E-state index contributed by atoms with van der Waals surface area (Å²) in [5.41, 5.74) is 4.93. The minimum Gasteiger partial charge on any atom is -0.477 e. The largest absolute Gasteiger partial charge is 0.477 e. The van der Waals surface area contributed by atoms with Crippen LogP contribution in [-0.4, -0.2) is 15.6 Å². The minimum absolute atomic E-state index is 0.131. The maximum atomic E-state index is 11.8. The lowest BCUT2D eigenvalue weighted by Crippen LogP contribution is -2.07. The zero-order valence-electron chi connectivity index (χ0n) is 15.0. The summed E-state index contributed by atoms with van der Waals surface area (Å²) in [6.45, 7) is 16.5. The number of hydrogen-bond donors (Lipinski definition) is 1. The van der Waals surface area contributed by atoms with Crippen LogP contribution >= 0.6 is 0 Å². The molecule has 0 aliphatic carbocycles. The van der Waals surface area contributed by atoms with Crippen LogP contribution in [0.25, 0.3) is 31.9 Å². The van der Waals surface area contributed by atoms with Gasteiger partial charge < -0.3 is 9.67 Å². The van der Waals surface area contributed by atoms with Crippen molar-refractivity contribution in [2.24, 2.45) is 7.05 Å². The van der Waals surface area contributed by atoms with Gasteiger partial charge in [0.15, 0.2) is 5.69 Å². The third kappa shape index (κ3) is 3.07. The van der Waals surface area contributed by atoms with Crippen molar-refractivity contribution in [1.82, 2.24) is 4.57 Å². The van der Waals surface area contributed by atoms with E-state index >= 15 is 0 Å². The smallest absolute Gasteiger partial charge is 0.351 e. The molecule has 0 bridgehead atoms.